The molecule has 2 rings (SSSR count). The van der Waals surface area contributed by atoms with Gasteiger partial charge in [0.1, 0.15) is 5.82 Å². The summed E-state index contributed by atoms with van der Waals surface area (Å²) in [6.07, 6.45) is 0. The zero-order valence-corrected chi connectivity index (χ0v) is 11.8. The Labute approximate surface area is 117 Å². The number of hydrogen-bond donors (Lipinski definition) is 0. The summed E-state index contributed by atoms with van der Waals surface area (Å²) in [6.45, 7) is 5.63. The molecule has 0 fully saturated rings. The van der Waals surface area contributed by atoms with Gasteiger partial charge in [0.2, 0.25) is 0 Å². The molecule has 0 aliphatic heterocycles. The molecule has 0 saturated heterocycles. The summed E-state index contributed by atoms with van der Waals surface area (Å²) in [7, 11) is 0. The number of rotatable bonds is 2. The average Bonchev–Trinajstić information content (AvgIpc) is 2.36. The summed E-state index contributed by atoms with van der Waals surface area (Å²) in [5, 5.41) is 0.400. The van der Waals surface area contributed by atoms with Crippen LogP contribution in [0.1, 0.15) is 32.6 Å². The highest BCUT2D eigenvalue weighted by Crippen LogP contribution is 2.25. The van der Waals surface area contributed by atoms with Gasteiger partial charge in [0, 0.05) is 11.1 Å². The summed E-state index contributed by atoms with van der Waals surface area (Å²) in [4.78, 5) is 12.5. The summed E-state index contributed by atoms with van der Waals surface area (Å²) < 4.78 is 13.3. The molecule has 0 atom stereocenters. The van der Waals surface area contributed by atoms with Crippen LogP contribution in [-0.2, 0) is 0 Å². The lowest BCUT2D eigenvalue weighted by atomic mass is 9.96. The van der Waals surface area contributed by atoms with E-state index in [4.69, 9.17) is 11.6 Å². The standard InChI is InChI=1S/C16H14ClFO/c1-9-4-5-12(18)8-13(9)16(19)14-6-10(2)11(3)7-15(14)17/h4-8H,1-3H3. The zero-order valence-electron chi connectivity index (χ0n) is 11.1. The van der Waals surface area contributed by atoms with Crippen molar-refractivity contribution in [2.45, 2.75) is 20.8 Å². The smallest absolute Gasteiger partial charge is 0.194 e. The van der Waals surface area contributed by atoms with E-state index in [0.717, 1.165) is 16.7 Å². The van der Waals surface area contributed by atoms with Crippen LogP contribution in [0.5, 0.6) is 0 Å². The van der Waals surface area contributed by atoms with Crippen molar-refractivity contribution >= 4 is 17.4 Å². The van der Waals surface area contributed by atoms with Crippen molar-refractivity contribution in [3.05, 3.63) is 69.0 Å². The van der Waals surface area contributed by atoms with E-state index in [1.807, 2.05) is 13.8 Å². The first-order valence-corrected chi connectivity index (χ1v) is 6.35. The zero-order chi connectivity index (χ0) is 14.2. The van der Waals surface area contributed by atoms with Crippen molar-refractivity contribution in [2.24, 2.45) is 0 Å². The molecule has 0 amide bonds. The molecule has 0 unspecified atom stereocenters. The van der Waals surface area contributed by atoms with E-state index in [2.05, 4.69) is 0 Å². The summed E-state index contributed by atoms with van der Waals surface area (Å²) in [5.41, 5.74) is 3.52. The quantitative estimate of drug-likeness (QED) is 0.731. The number of halogens is 2. The molecule has 1 nitrogen and oxygen atoms in total. The maximum Gasteiger partial charge on any atom is 0.194 e. The minimum absolute atomic E-state index is 0.245. The molecule has 0 aromatic heterocycles. The Hall–Kier alpha value is -1.67. The molecule has 0 saturated carbocycles. The molecular weight excluding hydrogens is 263 g/mol. The van der Waals surface area contributed by atoms with Gasteiger partial charge < -0.3 is 0 Å². The lowest BCUT2D eigenvalue weighted by Gasteiger charge is -2.09. The van der Waals surface area contributed by atoms with Crippen LogP contribution in [0.15, 0.2) is 30.3 Å². The van der Waals surface area contributed by atoms with Gasteiger partial charge in [0.05, 0.1) is 5.02 Å². The first kappa shape index (κ1) is 13.8. The Morgan fingerprint density at radius 3 is 2.26 bits per heavy atom. The third-order valence-corrected chi connectivity index (χ3v) is 3.58. The van der Waals surface area contributed by atoms with Crippen molar-refractivity contribution in [3.8, 4) is 0 Å². The fraction of sp³-hybridized carbons (Fsp3) is 0.188. The molecule has 0 N–H and O–H groups in total. The molecule has 2 aromatic rings. The van der Waals surface area contributed by atoms with E-state index in [9.17, 15) is 9.18 Å². The molecule has 0 heterocycles. The average molecular weight is 277 g/mol. The van der Waals surface area contributed by atoms with Crippen molar-refractivity contribution < 1.29 is 9.18 Å². The first-order valence-electron chi connectivity index (χ1n) is 5.97. The molecular formula is C16H14ClFO. The largest absolute Gasteiger partial charge is 0.289 e. The van der Waals surface area contributed by atoms with Crippen molar-refractivity contribution in [2.75, 3.05) is 0 Å². The number of carbonyl (C=O) groups is 1. The second kappa shape index (κ2) is 5.14. The van der Waals surface area contributed by atoms with Gasteiger partial charge in [-0.1, -0.05) is 17.7 Å². The van der Waals surface area contributed by atoms with Crippen LogP contribution >= 0.6 is 11.6 Å². The molecule has 0 spiro atoms. The predicted octanol–water partition coefficient (Wildman–Crippen LogP) is 4.64. The Morgan fingerprint density at radius 1 is 0.947 bits per heavy atom. The molecule has 0 bridgehead atoms. The van der Waals surface area contributed by atoms with Crippen LogP contribution in [0.4, 0.5) is 4.39 Å². The highest BCUT2D eigenvalue weighted by atomic mass is 35.5. The first-order chi connectivity index (χ1) is 8.90. The molecule has 19 heavy (non-hydrogen) atoms. The minimum atomic E-state index is -0.422. The van der Waals surface area contributed by atoms with Crippen molar-refractivity contribution in [3.63, 3.8) is 0 Å². The molecule has 98 valence electrons. The normalized spacial score (nSPS) is 10.6. The lowest BCUT2D eigenvalue weighted by Crippen LogP contribution is -2.06. The summed E-state index contributed by atoms with van der Waals surface area (Å²) in [5.74, 6) is -0.668. The Morgan fingerprint density at radius 2 is 1.58 bits per heavy atom. The van der Waals surface area contributed by atoms with Crippen molar-refractivity contribution in [1.82, 2.24) is 0 Å². The van der Waals surface area contributed by atoms with E-state index >= 15 is 0 Å². The van der Waals surface area contributed by atoms with Crippen molar-refractivity contribution in [1.29, 1.82) is 0 Å². The molecule has 2 aromatic carbocycles. The summed E-state index contributed by atoms with van der Waals surface area (Å²) >= 11 is 6.12. The maximum atomic E-state index is 13.3. The number of benzene rings is 2. The monoisotopic (exact) mass is 276 g/mol. The highest BCUT2D eigenvalue weighted by molar-refractivity contribution is 6.35. The second-order valence-corrected chi connectivity index (χ2v) is 5.11. The van der Waals surface area contributed by atoms with Gasteiger partial charge in [0.25, 0.3) is 0 Å². The van der Waals surface area contributed by atoms with Crippen LogP contribution in [0.25, 0.3) is 0 Å². The number of aryl methyl sites for hydroxylation is 3. The van der Waals surface area contributed by atoms with E-state index < -0.39 is 5.82 Å². The van der Waals surface area contributed by atoms with E-state index in [-0.39, 0.29) is 5.78 Å². The van der Waals surface area contributed by atoms with Crippen LogP contribution in [0.3, 0.4) is 0 Å². The van der Waals surface area contributed by atoms with Gasteiger partial charge in [-0.2, -0.15) is 0 Å². The van der Waals surface area contributed by atoms with Gasteiger partial charge in [-0.3, -0.25) is 4.79 Å². The Bertz CT molecular complexity index is 662. The Balaban J connectivity index is 2.56. The van der Waals surface area contributed by atoms with Gasteiger partial charge in [-0.15, -0.1) is 0 Å². The molecule has 3 heteroatoms. The highest BCUT2D eigenvalue weighted by Gasteiger charge is 2.16. The van der Waals surface area contributed by atoms with Gasteiger partial charge in [0.15, 0.2) is 5.78 Å². The van der Waals surface area contributed by atoms with E-state index in [0.29, 0.717) is 16.1 Å². The number of ketones is 1. The minimum Gasteiger partial charge on any atom is -0.289 e. The second-order valence-electron chi connectivity index (χ2n) is 4.70. The Kier molecular flexibility index (Phi) is 3.72. The molecule has 0 aliphatic rings. The van der Waals surface area contributed by atoms with E-state index in [1.165, 1.54) is 12.1 Å². The predicted molar refractivity (Wildman–Crippen MR) is 75.5 cm³/mol. The number of hydrogen-bond acceptors (Lipinski definition) is 1. The fourth-order valence-corrected chi connectivity index (χ4v) is 2.24. The topological polar surface area (TPSA) is 17.1 Å². The van der Waals surface area contributed by atoms with E-state index in [1.54, 1.807) is 25.1 Å². The maximum absolute atomic E-state index is 13.3. The SMILES string of the molecule is Cc1cc(Cl)c(C(=O)c2cc(F)ccc2C)cc1C. The van der Waals surface area contributed by atoms with Gasteiger partial charge in [-0.25, -0.2) is 4.39 Å². The van der Waals surface area contributed by atoms with Crippen LogP contribution in [0, 0.1) is 26.6 Å². The van der Waals surface area contributed by atoms with Gasteiger partial charge >= 0.3 is 0 Å². The number of carbonyl (C=O) groups excluding carboxylic acids is 1. The van der Waals surface area contributed by atoms with Gasteiger partial charge in [-0.05, 0) is 61.7 Å². The summed E-state index contributed by atoms with van der Waals surface area (Å²) in [6, 6.07) is 7.71. The molecule has 0 aliphatic carbocycles. The molecule has 0 radical (unpaired) electrons. The fourth-order valence-electron chi connectivity index (χ4n) is 1.94. The third kappa shape index (κ3) is 2.69. The van der Waals surface area contributed by atoms with Crippen LogP contribution in [0.2, 0.25) is 5.02 Å². The van der Waals surface area contributed by atoms with Crippen LogP contribution < -0.4 is 0 Å². The lowest BCUT2D eigenvalue weighted by molar-refractivity contribution is 0.103. The third-order valence-electron chi connectivity index (χ3n) is 3.27. The van der Waals surface area contributed by atoms with Crippen LogP contribution in [-0.4, -0.2) is 5.78 Å².